The van der Waals surface area contributed by atoms with Crippen LogP contribution in [0.4, 0.5) is 0 Å². The Hall–Kier alpha value is -2.92. The number of benzene rings is 2. The van der Waals surface area contributed by atoms with Crippen molar-refractivity contribution >= 4 is 12.2 Å². The Morgan fingerprint density at radius 1 is 1.00 bits per heavy atom. The predicted octanol–water partition coefficient (Wildman–Crippen LogP) is 2.60. The fourth-order valence-electron chi connectivity index (χ4n) is 2.16. The fraction of sp³-hybridized carbons (Fsp3) is 0.0588. The van der Waals surface area contributed by atoms with Gasteiger partial charge in [-0.05, 0) is 35.9 Å². The minimum atomic E-state index is 0.212. The van der Waals surface area contributed by atoms with E-state index in [1.807, 2.05) is 42.5 Å². The second-order valence-corrected chi connectivity index (χ2v) is 4.80. The van der Waals surface area contributed by atoms with E-state index in [2.05, 4.69) is 10.3 Å². The lowest BCUT2D eigenvalue weighted by atomic mass is 10.2. The van der Waals surface area contributed by atoms with Crippen LogP contribution in [0, 0.1) is 0 Å². The van der Waals surface area contributed by atoms with E-state index in [0.717, 1.165) is 22.6 Å². The Morgan fingerprint density at radius 3 is 2.41 bits per heavy atom. The first-order valence-electron chi connectivity index (χ1n) is 6.95. The fourth-order valence-corrected chi connectivity index (χ4v) is 2.16. The molecule has 3 aromatic rings. The van der Waals surface area contributed by atoms with E-state index < -0.39 is 0 Å². The summed E-state index contributed by atoms with van der Waals surface area (Å²) in [5.41, 5.74) is 9.20. The standard InChI is InChI=1S/C17H16N4O/c18-12-16-17(11-6-13-4-2-1-3-5-13)21(20-19-16)14-7-9-15(22)10-8-14/h1-11,22H,12,18H2/b11-6+. The first-order valence-corrected chi connectivity index (χ1v) is 6.95. The van der Waals surface area contributed by atoms with E-state index >= 15 is 0 Å². The Kier molecular flexibility index (Phi) is 3.98. The van der Waals surface area contributed by atoms with E-state index in [0.29, 0.717) is 6.54 Å². The second kappa shape index (κ2) is 6.24. The van der Waals surface area contributed by atoms with Gasteiger partial charge in [-0.2, -0.15) is 0 Å². The summed E-state index contributed by atoms with van der Waals surface area (Å²) in [6, 6.07) is 16.8. The van der Waals surface area contributed by atoms with Crippen LogP contribution in [0.15, 0.2) is 54.6 Å². The van der Waals surface area contributed by atoms with Gasteiger partial charge in [-0.25, -0.2) is 4.68 Å². The minimum absolute atomic E-state index is 0.212. The first kappa shape index (κ1) is 14.0. The van der Waals surface area contributed by atoms with E-state index in [4.69, 9.17) is 5.73 Å². The largest absolute Gasteiger partial charge is 0.508 e. The molecule has 5 heteroatoms. The zero-order valence-corrected chi connectivity index (χ0v) is 11.9. The van der Waals surface area contributed by atoms with E-state index in [-0.39, 0.29) is 5.75 Å². The van der Waals surface area contributed by atoms with E-state index in [1.54, 1.807) is 28.9 Å². The summed E-state index contributed by atoms with van der Waals surface area (Å²) in [5, 5.41) is 17.7. The molecule has 1 heterocycles. The normalized spacial score (nSPS) is 11.1. The van der Waals surface area contributed by atoms with Crippen LogP contribution in [-0.4, -0.2) is 20.1 Å². The lowest BCUT2D eigenvalue weighted by Gasteiger charge is -2.04. The topological polar surface area (TPSA) is 77.0 Å². The highest BCUT2D eigenvalue weighted by Crippen LogP contribution is 2.18. The lowest BCUT2D eigenvalue weighted by molar-refractivity contribution is 0.475. The highest BCUT2D eigenvalue weighted by molar-refractivity contribution is 5.69. The van der Waals surface area contributed by atoms with Crippen LogP contribution < -0.4 is 5.73 Å². The van der Waals surface area contributed by atoms with Crippen molar-refractivity contribution in [2.24, 2.45) is 5.73 Å². The van der Waals surface area contributed by atoms with Gasteiger partial charge in [-0.3, -0.25) is 0 Å². The summed E-state index contributed by atoms with van der Waals surface area (Å²) >= 11 is 0. The zero-order chi connectivity index (χ0) is 15.4. The molecule has 0 spiro atoms. The summed E-state index contributed by atoms with van der Waals surface area (Å²) < 4.78 is 1.71. The SMILES string of the molecule is NCc1nnn(-c2ccc(O)cc2)c1/C=C/c1ccccc1. The number of hydrogen-bond acceptors (Lipinski definition) is 4. The maximum absolute atomic E-state index is 9.40. The molecule has 0 saturated heterocycles. The number of nitrogens with zero attached hydrogens (tertiary/aromatic N) is 3. The molecule has 0 bridgehead atoms. The predicted molar refractivity (Wildman–Crippen MR) is 86.3 cm³/mol. The quantitative estimate of drug-likeness (QED) is 0.775. The Balaban J connectivity index is 2.00. The second-order valence-electron chi connectivity index (χ2n) is 4.80. The molecule has 0 atom stereocenters. The van der Waals surface area contributed by atoms with Gasteiger partial charge in [0.25, 0.3) is 0 Å². The lowest BCUT2D eigenvalue weighted by Crippen LogP contribution is -2.02. The molecule has 3 rings (SSSR count). The Morgan fingerprint density at radius 2 is 1.73 bits per heavy atom. The van der Waals surface area contributed by atoms with Gasteiger partial charge in [0.15, 0.2) is 0 Å². The van der Waals surface area contributed by atoms with Gasteiger partial charge in [0.05, 0.1) is 11.4 Å². The van der Waals surface area contributed by atoms with Crippen molar-refractivity contribution < 1.29 is 5.11 Å². The zero-order valence-electron chi connectivity index (χ0n) is 11.9. The number of rotatable bonds is 4. The van der Waals surface area contributed by atoms with Crippen LogP contribution in [0.5, 0.6) is 5.75 Å². The van der Waals surface area contributed by atoms with Crippen molar-refractivity contribution in [1.82, 2.24) is 15.0 Å². The van der Waals surface area contributed by atoms with E-state index in [9.17, 15) is 5.11 Å². The van der Waals surface area contributed by atoms with Crippen molar-refractivity contribution in [2.75, 3.05) is 0 Å². The molecule has 0 radical (unpaired) electrons. The van der Waals surface area contributed by atoms with Crippen LogP contribution in [0.2, 0.25) is 0 Å². The van der Waals surface area contributed by atoms with E-state index in [1.165, 1.54) is 0 Å². The summed E-state index contributed by atoms with van der Waals surface area (Å²) in [6.07, 6.45) is 3.94. The molecule has 5 nitrogen and oxygen atoms in total. The number of hydrogen-bond donors (Lipinski definition) is 2. The molecule has 1 aromatic heterocycles. The third-order valence-electron chi connectivity index (χ3n) is 3.30. The third-order valence-corrected chi connectivity index (χ3v) is 3.30. The van der Waals surface area contributed by atoms with Crippen molar-refractivity contribution in [3.05, 3.63) is 71.5 Å². The number of aromatic nitrogens is 3. The maximum atomic E-state index is 9.40. The van der Waals surface area contributed by atoms with Gasteiger partial charge in [0, 0.05) is 6.54 Å². The monoisotopic (exact) mass is 292 g/mol. The number of aromatic hydroxyl groups is 1. The summed E-state index contributed by atoms with van der Waals surface area (Å²) in [6.45, 7) is 0.312. The molecule has 0 amide bonds. The molecule has 2 aromatic carbocycles. The molecule has 110 valence electrons. The Bertz CT molecular complexity index is 776. The average Bonchev–Trinajstić information content (AvgIpc) is 2.97. The molecule has 0 aliphatic heterocycles. The Labute approximate surface area is 128 Å². The molecule has 0 aliphatic rings. The third kappa shape index (κ3) is 2.89. The summed E-state index contributed by atoms with van der Waals surface area (Å²) in [7, 11) is 0. The highest BCUT2D eigenvalue weighted by atomic mass is 16.3. The van der Waals surface area contributed by atoms with Crippen molar-refractivity contribution in [1.29, 1.82) is 0 Å². The minimum Gasteiger partial charge on any atom is -0.508 e. The summed E-state index contributed by atoms with van der Waals surface area (Å²) in [5.74, 6) is 0.212. The molecule has 0 unspecified atom stereocenters. The first-order chi connectivity index (χ1) is 10.8. The van der Waals surface area contributed by atoms with Gasteiger partial charge in [0.1, 0.15) is 11.4 Å². The van der Waals surface area contributed by atoms with Gasteiger partial charge >= 0.3 is 0 Å². The van der Waals surface area contributed by atoms with Crippen LogP contribution in [-0.2, 0) is 6.54 Å². The molecular weight excluding hydrogens is 276 g/mol. The highest BCUT2D eigenvalue weighted by Gasteiger charge is 2.10. The molecule has 0 aliphatic carbocycles. The van der Waals surface area contributed by atoms with Crippen molar-refractivity contribution in [3.8, 4) is 11.4 Å². The molecule has 3 N–H and O–H groups in total. The van der Waals surface area contributed by atoms with Crippen LogP contribution in [0.25, 0.3) is 17.8 Å². The molecule has 0 saturated carbocycles. The van der Waals surface area contributed by atoms with Crippen LogP contribution >= 0.6 is 0 Å². The number of phenolic OH excluding ortho intramolecular Hbond substituents is 1. The molecular formula is C17H16N4O. The van der Waals surface area contributed by atoms with Crippen molar-refractivity contribution in [3.63, 3.8) is 0 Å². The van der Waals surface area contributed by atoms with Gasteiger partial charge < -0.3 is 10.8 Å². The maximum Gasteiger partial charge on any atom is 0.115 e. The average molecular weight is 292 g/mol. The van der Waals surface area contributed by atoms with Crippen LogP contribution in [0.3, 0.4) is 0 Å². The van der Waals surface area contributed by atoms with Gasteiger partial charge in [-0.15, -0.1) is 5.10 Å². The molecule has 22 heavy (non-hydrogen) atoms. The van der Waals surface area contributed by atoms with Gasteiger partial charge in [-0.1, -0.05) is 41.6 Å². The number of phenols is 1. The molecule has 0 fully saturated rings. The van der Waals surface area contributed by atoms with Crippen LogP contribution in [0.1, 0.15) is 17.0 Å². The smallest absolute Gasteiger partial charge is 0.115 e. The summed E-state index contributed by atoms with van der Waals surface area (Å²) in [4.78, 5) is 0. The van der Waals surface area contributed by atoms with Crippen molar-refractivity contribution in [2.45, 2.75) is 6.54 Å². The number of nitrogens with two attached hydrogens (primary N) is 1. The van der Waals surface area contributed by atoms with Gasteiger partial charge in [0.2, 0.25) is 0 Å².